The van der Waals surface area contributed by atoms with E-state index in [2.05, 4.69) is 5.32 Å². The van der Waals surface area contributed by atoms with Gasteiger partial charge in [-0.15, -0.1) is 0 Å². The van der Waals surface area contributed by atoms with Crippen LogP contribution in [0.5, 0.6) is 0 Å². The van der Waals surface area contributed by atoms with Crippen molar-refractivity contribution in [2.45, 2.75) is 38.3 Å². The first-order valence-corrected chi connectivity index (χ1v) is 7.19. The average molecular weight is 279 g/mol. The van der Waals surface area contributed by atoms with E-state index in [0.29, 0.717) is 0 Å². The Morgan fingerprint density at radius 1 is 1.33 bits per heavy atom. The lowest BCUT2D eigenvalue weighted by atomic mass is 9.99. The van der Waals surface area contributed by atoms with E-state index in [1.54, 1.807) is 20.8 Å². The van der Waals surface area contributed by atoms with Crippen LogP contribution >= 0.6 is 0 Å². The number of ether oxygens (including phenoxy) is 1. The smallest absolute Gasteiger partial charge is 0.408 e. The second-order valence-electron chi connectivity index (χ2n) is 5.51. The van der Waals surface area contributed by atoms with Crippen molar-refractivity contribution in [3.05, 3.63) is 0 Å². The Kier molecular flexibility index (Phi) is 3.62. The van der Waals surface area contributed by atoms with Crippen molar-refractivity contribution in [2.75, 3.05) is 11.5 Å². The van der Waals surface area contributed by atoms with Crippen LogP contribution in [0.15, 0.2) is 0 Å². The minimum absolute atomic E-state index is 0.370. The largest absolute Gasteiger partial charge is 0.481 e. The van der Waals surface area contributed by atoms with Gasteiger partial charge in [0.05, 0.1) is 23.5 Å². The van der Waals surface area contributed by atoms with Crippen molar-refractivity contribution < 1.29 is 27.9 Å². The topological polar surface area (TPSA) is 110 Å². The summed E-state index contributed by atoms with van der Waals surface area (Å²) < 4.78 is 27.3. The van der Waals surface area contributed by atoms with E-state index in [0.717, 1.165) is 0 Å². The van der Waals surface area contributed by atoms with Gasteiger partial charge >= 0.3 is 12.1 Å². The van der Waals surface area contributed by atoms with Gasteiger partial charge in [-0.25, -0.2) is 13.2 Å². The number of amides is 1. The number of carbonyl (C=O) groups is 2. The molecule has 0 bridgehead atoms. The molecule has 1 amide bonds. The van der Waals surface area contributed by atoms with Crippen LogP contribution in [0.3, 0.4) is 0 Å². The molecule has 104 valence electrons. The molecule has 0 atom stereocenters. The third-order valence-corrected chi connectivity index (χ3v) is 4.23. The molecule has 0 radical (unpaired) electrons. The van der Waals surface area contributed by atoms with Gasteiger partial charge in [-0.3, -0.25) is 4.79 Å². The van der Waals surface area contributed by atoms with Crippen LogP contribution in [-0.2, 0) is 19.4 Å². The third kappa shape index (κ3) is 4.17. The predicted octanol–water partition coefficient (Wildman–Crippen LogP) is 0.153. The lowest BCUT2D eigenvalue weighted by Crippen LogP contribution is -2.66. The Bertz CT molecular complexity index is 449. The quantitative estimate of drug-likeness (QED) is 0.761. The molecule has 8 heteroatoms. The first-order chi connectivity index (χ1) is 7.93. The number of hydrogen-bond donors (Lipinski definition) is 2. The maximum atomic E-state index is 11.5. The summed E-state index contributed by atoms with van der Waals surface area (Å²) in [6.45, 7) is 4.98. The van der Waals surface area contributed by atoms with Gasteiger partial charge in [0.25, 0.3) is 0 Å². The summed E-state index contributed by atoms with van der Waals surface area (Å²) >= 11 is 0. The van der Waals surface area contributed by atoms with Gasteiger partial charge in [-0.05, 0) is 20.8 Å². The number of sulfone groups is 1. The van der Waals surface area contributed by atoms with E-state index in [1.165, 1.54) is 0 Å². The molecule has 7 nitrogen and oxygen atoms in total. The van der Waals surface area contributed by atoms with E-state index in [9.17, 15) is 18.0 Å². The first kappa shape index (κ1) is 14.7. The fourth-order valence-electron chi connectivity index (χ4n) is 1.83. The SMILES string of the molecule is CC(C)(C)OC(=O)NC1(CC(=O)O)CS(=O)(=O)C1. The highest BCUT2D eigenvalue weighted by Gasteiger charge is 2.51. The second-order valence-corrected chi connectivity index (χ2v) is 7.57. The van der Waals surface area contributed by atoms with E-state index in [1.807, 2.05) is 0 Å². The Morgan fingerprint density at radius 3 is 2.17 bits per heavy atom. The zero-order valence-corrected chi connectivity index (χ0v) is 11.3. The highest BCUT2D eigenvalue weighted by atomic mass is 32.2. The molecule has 0 saturated carbocycles. The van der Waals surface area contributed by atoms with E-state index in [-0.39, 0.29) is 11.5 Å². The molecule has 1 aliphatic rings. The summed E-state index contributed by atoms with van der Waals surface area (Å²) in [6.07, 6.45) is -1.25. The summed E-state index contributed by atoms with van der Waals surface area (Å²) in [5.41, 5.74) is -1.97. The van der Waals surface area contributed by atoms with Gasteiger partial charge < -0.3 is 15.2 Å². The molecule has 2 N–H and O–H groups in total. The molecular weight excluding hydrogens is 262 g/mol. The summed E-state index contributed by atoms with van der Waals surface area (Å²) in [4.78, 5) is 22.2. The minimum Gasteiger partial charge on any atom is -0.481 e. The fraction of sp³-hybridized carbons (Fsp3) is 0.800. The van der Waals surface area contributed by atoms with Gasteiger partial charge in [0.1, 0.15) is 5.60 Å². The van der Waals surface area contributed by atoms with Crippen LogP contribution in [-0.4, -0.2) is 48.2 Å². The lowest BCUT2D eigenvalue weighted by Gasteiger charge is -2.40. The second kappa shape index (κ2) is 4.42. The highest BCUT2D eigenvalue weighted by molar-refractivity contribution is 7.93. The molecule has 18 heavy (non-hydrogen) atoms. The van der Waals surface area contributed by atoms with Crippen molar-refractivity contribution in [1.29, 1.82) is 0 Å². The zero-order chi connectivity index (χ0) is 14.2. The van der Waals surface area contributed by atoms with Crippen LogP contribution < -0.4 is 5.32 Å². The molecule has 0 aromatic carbocycles. The lowest BCUT2D eigenvalue weighted by molar-refractivity contribution is -0.138. The number of nitrogens with one attached hydrogen (secondary N) is 1. The molecule has 1 aliphatic heterocycles. The molecule has 1 saturated heterocycles. The van der Waals surface area contributed by atoms with E-state index < -0.39 is 39.5 Å². The molecule has 1 fully saturated rings. The normalized spacial score (nSPS) is 20.6. The molecule has 0 aliphatic carbocycles. The van der Waals surface area contributed by atoms with Crippen molar-refractivity contribution >= 4 is 21.9 Å². The Labute approximate surface area is 105 Å². The van der Waals surface area contributed by atoms with Gasteiger partial charge in [-0.1, -0.05) is 0 Å². The van der Waals surface area contributed by atoms with Crippen LogP contribution in [0.2, 0.25) is 0 Å². The summed E-state index contributed by atoms with van der Waals surface area (Å²) in [7, 11) is -3.26. The van der Waals surface area contributed by atoms with Crippen molar-refractivity contribution in [3.8, 4) is 0 Å². The number of carboxylic acids is 1. The number of hydrogen-bond acceptors (Lipinski definition) is 5. The number of alkyl carbamates (subject to hydrolysis) is 1. The van der Waals surface area contributed by atoms with Crippen LogP contribution in [0.4, 0.5) is 4.79 Å². The van der Waals surface area contributed by atoms with Gasteiger partial charge in [0.2, 0.25) is 0 Å². The number of carboxylic acid groups (broad SMARTS) is 1. The average Bonchev–Trinajstić information content (AvgIpc) is 1.91. The molecule has 0 aromatic rings. The number of carbonyl (C=O) groups excluding carboxylic acids is 1. The van der Waals surface area contributed by atoms with E-state index >= 15 is 0 Å². The molecular formula is C10H17NO6S. The van der Waals surface area contributed by atoms with Crippen LogP contribution in [0.1, 0.15) is 27.2 Å². The van der Waals surface area contributed by atoms with Crippen molar-refractivity contribution in [2.24, 2.45) is 0 Å². The summed E-state index contributed by atoms with van der Waals surface area (Å²) in [5, 5.41) is 11.1. The Hall–Kier alpha value is -1.31. The molecule has 1 heterocycles. The molecule has 0 aromatic heterocycles. The van der Waals surface area contributed by atoms with E-state index in [4.69, 9.17) is 9.84 Å². The highest BCUT2D eigenvalue weighted by Crippen LogP contribution is 2.27. The van der Waals surface area contributed by atoms with Crippen molar-refractivity contribution in [1.82, 2.24) is 5.32 Å². The maximum absolute atomic E-state index is 11.5. The monoisotopic (exact) mass is 279 g/mol. The number of aliphatic carboxylic acids is 1. The molecule has 0 spiro atoms. The maximum Gasteiger partial charge on any atom is 0.408 e. The zero-order valence-electron chi connectivity index (χ0n) is 10.5. The predicted molar refractivity (Wildman–Crippen MR) is 63.0 cm³/mol. The Morgan fingerprint density at radius 2 is 1.83 bits per heavy atom. The van der Waals surface area contributed by atoms with Crippen molar-refractivity contribution in [3.63, 3.8) is 0 Å². The fourth-order valence-corrected chi connectivity index (χ4v) is 3.78. The summed E-state index contributed by atoms with van der Waals surface area (Å²) in [6, 6.07) is 0. The standard InChI is InChI=1S/C10H17NO6S/c1-9(2,3)17-8(14)11-10(4-7(12)13)5-18(15,16)6-10/h4-6H2,1-3H3,(H,11,14)(H,12,13). The molecule has 0 unspecified atom stereocenters. The minimum atomic E-state index is -3.26. The number of rotatable bonds is 3. The van der Waals surface area contributed by atoms with Crippen LogP contribution in [0, 0.1) is 0 Å². The molecule has 1 rings (SSSR count). The summed E-state index contributed by atoms with van der Waals surface area (Å²) in [5.74, 6) is -1.90. The van der Waals surface area contributed by atoms with Crippen LogP contribution in [0.25, 0.3) is 0 Å². The van der Waals surface area contributed by atoms with Gasteiger partial charge in [0, 0.05) is 0 Å². The van der Waals surface area contributed by atoms with Gasteiger partial charge in [0.15, 0.2) is 9.84 Å². The Balaban J connectivity index is 2.70. The first-order valence-electron chi connectivity index (χ1n) is 5.37. The van der Waals surface area contributed by atoms with Gasteiger partial charge in [-0.2, -0.15) is 0 Å². The third-order valence-electron chi connectivity index (χ3n) is 2.25.